The molecule has 0 unspecified atom stereocenters. The number of benzene rings is 2. The van der Waals surface area contributed by atoms with E-state index in [9.17, 15) is 4.39 Å². The molecule has 0 amide bonds. The first-order valence-corrected chi connectivity index (χ1v) is 6.22. The van der Waals surface area contributed by atoms with E-state index in [-0.39, 0.29) is 5.82 Å². The number of anilines is 1. The standard InChI is InChI=1S/C15H14FN3/c1-2-10-5-3-6-11(9-10)19-13-8-4-7-12(16)14(13)18-15(19)17/h3-9H,2H2,1H3,(H2,17,18). The molecule has 0 saturated heterocycles. The first kappa shape index (κ1) is 11.7. The predicted molar refractivity (Wildman–Crippen MR) is 74.8 cm³/mol. The minimum Gasteiger partial charge on any atom is -0.369 e. The van der Waals surface area contributed by atoms with Crippen molar-refractivity contribution < 1.29 is 4.39 Å². The number of halogens is 1. The van der Waals surface area contributed by atoms with Gasteiger partial charge in [0.25, 0.3) is 0 Å². The molecule has 0 aliphatic carbocycles. The van der Waals surface area contributed by atoms with Crippen molar-refractivity contribution in [2.24, 2.45) is 0 Å². The highest BCUT2D eigenvalue weighted by atomic mass is 19.1. The summed E-state index contributed by atoms with van der Waals surface area (Å²) in [5.41, 5.74) is 9.04. The van der Waals surface area contributed by atoms with Gasteiger partial charge in [-0.05, 0) is 36.2 Å². The molecule has 2 N–H and O–H groups in total. The van der Waals surface area contributed by atoms with Crippen LogP contribution in [0.5, 0.6) is 0 Å². The average Bonchev–Trinajstić information content (AvgIpc) is 2.77. The fourth-order valence-corrected chi connectivity index (χ4v) is 2.27. The second-order valence-corrected chi connectivity index (χ2v) is 4.44. The average molecular weight is 255 g/mol. The molecule has 0 atom stereocenters. The third-order valence-electron chi connectivity index (χ3n) is 3.24. The van der Waals surface area contributed by atoms with Gasteiger partial charge in [0, 0.05) is 5.69 Å². The summed E-state index contributed by atoms with van der Waals surface area (Å²) in [7, 11) is 0. The van der Waals surface area contributed by atoms with Crippen LogP contribution in [-0.4, -0.2) is 9.55 Å². The van der Waals surface area contributed by atoms with Crippen LogP contribution in [-0.2, 0) is 6.42 Å². The molecule has 0 aliphatic rings. The summed E-state index contributed by atoms with van der Waals surface area (Å²) in [5.74, 6) is -0.0528. The van der Waals surface area contributed by atoms with Gasteiger partial charge in [0.05, 0.1) is 5.52 Å². The Labute approximate surface area is 110 Å². The lowest BCUT2D eigenvalue weighted by atomic mass is 10.1. The smallest absolute Gasteiger partial charge is 0.206 e. The Hall–Kier alpha value is -2.36. The lowest BCUT2D eigenvalue weighted by Gasteiger charge is -2.08. The van der Waals surface area contributed by atoms with Crippen molar-refractivity contribution in [2.75, 3.05) is 5.73 Å². The topological polar surface area (TPSA) is 43.8 Å². The summed E-state index contributed by atoms with van der Waals surface area (Å²) in [6.07, 6.45) is 0.939. The molecular formula is C15H14FN3. The minimum absolute atomic E-state index is 0.299. The van der Waals surface area contributed by atoms with Gasteiger partial charge in [0.15, 0.2) is 5.82 Å². The van der Waals surface area contributed by atoms with E-state index in [2.05, 4.69) is 18.0 Å². The SMILES string of the molecule is CCc1cccc(-n2c(N)nc3c(F)cccc32)c1. The van der Waals surface area contributed by atoms with E-state index in [1.165, 1.54) is 11.6 Å². The number of para-hydroxylation sites is 1. The zero-order valence-corrected chi connectivity index (χ0v) is 10.6. The molecular weight excluding hydrogens is 241 g/mol. The molecule has 0 fully saturated rings. The molecule has 3 rings (SSSR count). The maximum absolute atomic E-state index is 13.7. The predicted octanol–water partition coefficient (Wildman–Crippen LogP) is 3.31. The van der Waals surface area contributed by atoms with E-state index in [4.69, 9.17) is 5.73 Å². The van der Waals surface area contributed by atoms with Gasteiger partial charge in [0.2, 0.25) is 5.95 Å². The van der Waals surface area contributed by atoms with Crippen LogP contribution in [0, 0.1) is 5.82 Å². The van der Waals surface area contributed by atoms with Crippen molar-refractivity contribution in [1.29, 1.82) is 0 Å². The summed E-state index contributed by atoms with van der Waals surface area (Å²) in [5, 5.41) is 0. The minimum atomic E-state index is -0.352. The van der Waals surface area contributed by atoms with Crippen LogP contribution in [0.1, 0.15) is 12.5 Å². The van der Waals surface area contributed by atoms with Crippen LogP contribution in [0.2, 0.25) is 0 Å². The summed E-state index contributed by atoms with van der Waals surface area (Å²) in [6.45, 7) is 2.09. The van der Waals surface area contributed by atoms with Crippen LogP contribution >= 0.6 is 0 Å². The van der Waals surface area contributed by atoms with Crippen LogP contribution in [0.3, 0.4) is 0 Å². The van der Waals surface area contributed by atoms with Crippen molar-refractivity contribution in [3.63, 3.8) is 0 Å². The molecule has 96 valence electrons. The Balaban J connectivity index is 2.30. The zero-order chi connectivity index (χ0) is 13.4. The van der Waals surface area contributed by atoms with E-state index < -0.39 is 0 Å². The van der Waals surface area contributed by atoms with E-state index in [1.807, 2.05) is 24.3 Å². The van der Waals surface area contributed by atoms with Gasteiger partial charge < -0.3 is 5.73 Å². The molecule has 2 aromatic carbocycles. The highest BCUT2D eigenvalue weighted by molar-refractivity contribution is 5.81. The van der Waals surface area contributed by atoms with Crippen molar-refractivity contribution >= 4 is 17.0 Å². The first-order chi connectivity index (χ1) is 9.20. The molecule has 0 bridgehead atoms. The normalized spacial score (nSPS) is 11.1. The number of imidazole rings is 1. The lowest BCUT2D eigenvalue weighted by molar-refractivity contribution is 0.637. The summed E-state index contributed by atoms with van der Waals surface area (Å²) in [4.78, 5) is 4.11. The van der Waals surface area contributed by atoms with Crippen LogP contribution in [0.4, 0.5) is 10.3 Å². The Bertz CT molecular complexity index is 746. The lowest BCUT2D eigenvalue weighted by Crippen LogP contribution is -2.01. The van der Waals surface area contributed by atoms with Gasteiger partial charge in [-0.25, -0.2) is 9.37 Å². The maximum atomic E-state index is 13.7. The van der Waals surface area contributed by atoms with Gasteiger partial charge in [-0.15, -0.1) is 0 Å². The highest BCUT2D eigenvalue weighted by Gasteiger charge is 2.12. The second kappa shape index (κ2) is 4.39. The third kappa shape index (κ3) is 1.85. The molecule has 3 aromatic rings. The molecule has 19 heavy (non-hydrogen) atoms. The van der Waals surface area contributed by atoms with E-state index >= 15 is 0 Å². The van der Waals surface area contributed by atoms with Gasteiger partial charge in [-0.2, -0.15) is 0 Å². The summed E-state index contributed by atoms with van der Waals surface area (Å²) < 4.78 is 15.5. The van der Waals surface area contributed by atoms with Gasteiger partial charge >= 0.3 is 0 Å². The monoisotopic (exact) mass is 255 g/mol. The number of aromatic nitrogens is 2. The number of hydrogen-bond acceptors (Lipinski definition) is 2. The Kier molecular flexibility index (Phi) is 2.71. The van der Waals surface area contributed by atoms with Crippen molar-refractivity contribution in [1.82, 2.24) is 9.55 Å². The molecule has 0 saturated carbocycles. The fraction of sp³-hybridized carbons (Fsp3) is 0.133. The van der Waals surface area contributed by atoms with Gasteiger partial charge in [-0.1, -0.05) is 25.1 Å². The van der Waals surface area contributed by atoms with Crippen molar-refractivity contribution in [3.05, 3.63) is 53.8 Å². The molecule has 0 radical (unpaired) electrons. The Morgan fingerprint density at radius 2 is 2.00 bits per heavy atom. The number of rotatable bonds is 2. The first-order valence-electron chi connectivity index (χ1n) is 6.22. The zero-order valence-electron chi connectivity index (χ0n) is 10.6. The van der Waals surface area contributed by atoms with E-state index in [1.54, 1.807) is 10.6 Å². The highest BCUT2D eigenvalue weighted by Crippen LogP contribution is 2.25. The number of fused-ring (bicyclic) bond motifs is 1. The van der Waals surface area contributed by atoms with Gasteiger partial charge in [-0.3, -0.25) is 4.57 Å². The number of aryl methyl sites for hydroxylation is 1. The number of hydrogen-bond donors (Lipinski definition) is 1. The van der Waals surface area contributed by atoms with E-state index in [0.29, 0.717) is 17.0 Å². The maximum Gasteiger partial charge on any atom is 0.206 e. The van der Waals surface area contributed by atoms with Crippen molar-refractivity contribution in [2.45, 2.75) is 13.3 Å². The Morgan fingerprint density at radius 3 is 2.79 bits per heavy atom. The van der Waals surface area contributed by atoms with Gasteiger partial charge in [0.1, 0.15) is 5.52 Å². The molecule has 3 nitrogen and oxygen atoms in total. The molecule has 0 aliphatic heterocycles. The van der Waals surface area contributed by atoms with Crippen LogP contribution in [0.25, 0.3) is 16.7 Å². The second-order valence-electron chi connectivity index (χ2n) is 4.44. The van der Waals surface area contributed by atoms with E-state index in [0.717, 1.165) is 12.1 Å². The van der Waals surface area contributed by atoms with Crippen LogP contribution in [0.15, 0.2) is 42.5 Å². The molecule has 0 spiro atoms. The molecule has 1 heterocycles. The van der Waals surface area contributed by atoms with Crippen molar-refractivity contribution in [3.8, 4) is 5.69 Å². The Morgan fingerprint density at radius 1 is 1.21 bits per heavy atom. The number of nitrogens with zero attached hydrogens (tertiary/aromatic N) is 2. The molecule has 4 heteroatoms. The largest absolute Gasteiger partial charge is 0.369 e. The number of nitrogens with two attached hydrogens (primary N) is 1. The molecule has 1 aromatic heterocycles. The fourth-order valence-electron chi connectivity index (χ4n) is 2.27. The van der Waals surface area contributed by atoms with Crippen LogP contribution < -0.4 is 5.73 Å². The summed E-state index contributed by atoms with van der Waals surface area (Å²) >= 11 is 0. The third-order valence-corrected chi connectivity index (χ3v) is 3.24. The number of nitrogen functional groups attached to an aromatic ring is 1. The summed E-state index contributed by atoms with van der Waals surface area (Å²) in [6, 6.07) is 12.9. The quantitative estimate of drug-likeness (QED) is 0.763.